The van der Waals surface area contributed by atoms with E-state index in [0.29, 0.717) is 35.8 Å². The largest absolute Gasteiger partial charge is 0.375 e. The normalized spacial score (nSPS) is 12.8. The number of nitrogens with zero attached hydrogens (tertiary/aromatic N) is 4. The molecule has 0 aliphatic heterocycles. The zero-order chi connectivity index (χ0) is 22.4. The number of imidazole rings is 1. The highest BCUT2D eigenvalue weighted by atomic mass is 35.5. The van der Waals surface area contributed by atoms with Crippen molar-refractivity contribution in [2.45, 2.75) is 38.1 Å². The van der Waals surface area contributed by atoms with Crippen molar-refractivity contribution in [3.63, 3.8) is 0 Å². The molecule has 0 amide bonds. The molecule has 0 bridgehead atoms. The van der Waals surface area contributed by atoms with Gasteiger partial charge in [0.05, 0.1) is 19.3 Å². The van der Waals surface area contributed by atoms with Crippen molar-refractivity contribution in [1.82, 2.24) is 19.5 Å². The van der Waals surface area contributed by atoms with Gasteiger partial charge in [0, 0.05) is 29.7 Å². The Bertz CT molecular complexity index is 1090. The molecule has 3 aromatic rings. The summed E-state index contributed by atoms with van der Waals surface area (Å²) in [6.45, 7) is 5.12. The van der Waals surface area contributed by atoms with Crippen LogP contribution in [0.4, 0.5) is 5.82 Å². The van der Waals surface area contributed by atoms with E-state index in [2.05, 4.69) is 34.1 Å². The number of benzene rings is 1. The molecule has 2 heterocycles. The van der Waals surface area contributed by atoms with Gasteiger partial charge in [0.2, 0.25) is 9.84 Å². The fourth-order valence-corrected chi connectivity index (χ4v) is 3.68. The van der Waals surface area contributed by atoms with Crippen molar-refractivity contribution < 1.29 is 13.2 Å². The Morgan fingerprint density at radius 1 is 1.19 bits per heavy atom. The third-order valence-electron chi connectivity index (χ3n) is 4.40. The van der Waals surface area contributed by atoms with E-state index in [9.17, 15) is 8.42 Å². The van der Waals surface area contributed by atoms with E-state index in [0.717, 1.165) is 18.2 Å². The third-order valence-corrected chi connectivity index (χ3v) is 5.50. The lowest BCUT2D eigenvalue weighted by Gasteiger charge is -2.22. The lowest BCUT2D eigenvalue weighted by atomic mass is 10.0. The van der Waals surface area contributed by atoms with Crippen LogP contribution in [0, 0.1) is 5.92 Å². The maximum atomic E-state index is 12.1. The monoisotopic (exact) mass is 463 g/mol. The Hall–Kier alpha value is -2.49. The smallest absolute Gasteiger partial charge is 0.250 e. The average Bonchev–Trinajstić information content (AvgIpc) is 3.23. The molecule has 8 nitrogen and oxygen atoms in total. The predicted molar refractivity (Wildman–Crippen MR) is 120 cm³/mol. The van der Waals surface area contributed by atoms with E-state index >= 15 is 0 Å². The minimum Gasteiger partial charge on any atom is -0.375 e. The summed E-state index contributed by atoms with van der Waals surface area (Å²) in [7, 11) is -3.59. The molecule has 0 unspecified atom stereocenters. The van der Waals surface area contributed by atoms with Gasteiger partial charge in [-0.3, -0.25) is 4.57 Å². The second-order valence-electron chi connectivity index (χ2n) is 7.75. The summed E-state index contributed by atoms with van der Waals surface area (Å²) in [6.07, 6.45) is 6.75. The molecule has 1 N–H and O–H groups in total. The second-order valence-corrected chi connectivity index (χ2v) is 10.1. The molecule has 0 spiro atoms. The maximum Gasteiger partial charge on any atom is 0.250 e. The highest BCUT2D eigenvalue weighted by Gasteiger charge is 2.18. The second kappa shape index (κ2) is 10.2. The van der Waals surface area contributed by atoms with Crippen LogP contribution < -0.4 is 5.32 Å². The van der Waals surface area contributed by atoms with Gasteiger partial charge in [-0.2, -0.15) is 0 Å². The molecule has 31 heavy (non-hydrogen) atoms. The van der Waals surface area contributed by atoms with Gasteiger partial charge in [0.1, 0.15) is 18.0 Å². The van der Waals surface area contributed by atoms with Crippen LogP contribution in [-0.4, -0.2) is 46.8 Å². The Morgan fingerprint density at radius 2 is 1.94 bits per heavy atom. The first-order valence-corrected chi connectivity index (χ1v) is 12.1. The van der Waals surface area contributed by atoms with Crippen LogP contribution in [0.25, 0.3) is 5.82 Å². The van der Waals surface area contributed by atoms with Crippen molar-refractivity contribution in [3.8, 4) is 5.82 Å². The van der Waals surface area contributed by atoms with E-state index < -0.39 is 9.84 Å². The molecule has 0 radical (unpaired) electrons. The van der Waals surface area contributed by atoms with Crippen molar-refractivity contribution in [1.29, 1.82) is 0 Å². The lowest BCUT2D eigenvalue weighted by molar-refractivity contribution is 0.107. The molecule has 166 valence electrons. The van der Waals surface area contributed by atoms with E-state index in [-0.39, 0.29) is 11.2 Å². The number of sulfone groups is 1. The molecule has 0 fully saturated rings. The minimum absolute atomic E-state index is 0.0646. The van der Waals surface area contributed by atoms with E-state index in [1.807, 2.05) is 24.3 Å². The molecule has 10 heteroatoms. The van der Waals surface area contributed by atoms with Gasteiger partial charge in [-0.1, -0.05) is 37.6 Å². The van der Waals surface area contributed by atoms with Gasteiger partial charge < -0.3 is 10.1 Å². The van der Waals surface area contributed by atoms with E-state index in [1.165, 1.54) is 0 Å². The molecule has 1 aromatic carbocycles. The highest BCUT2D eigenvalue weighted by molar-refractivity contribution is 7.90. The number of halogens is 1. The summed E-state index contributed by atoms with van der Waals surface area (Å²) in [5, 5.41) is 3.76. The zero-order valence-electron chi connectivity index (χ0n) is 17.7. The van der Waals surface area contributed by atoms with Crippen LogP contribution in [0.5, 0.6) is 0 Å². The number of rotatable bonds is 10. The topological polar surface area (TPSA) is 99.0 Å². The number of ether oxygens (including phenoxy) is 1. The first-order valence-electron chi connectivity index (χ1n) is 9.87. The summed E-state index contributed by atoms with van der Waals surface area (Å²) in [4.78, 5) is 12.4. The number of nitrogens with one attached hydrogen (secondary N) is 1. The molecule has 0 aliphatic rings. The first-order chi connectivity index (χ1) is 14.7. The van der Waals surface area contributed by atoms with Crippen LogP contribution in [0.15, 0.2) is 54.2 Å². The average molecular weight is 464 g/mol. The van der Waals surface area contributed by atoms with Crippen LogP contribution >= 0.6 is 11.6 Å². The molecule has 2 aromatic heterocycles. The number of anilines is 1. The quantitative estimate of drug-likeness (QED) is 0.457. The number of hydrogen-bond acceptors (Lipinski definition) is 7. The minimum atomic E-state index is -3.59. The lowest BCUT2D eigenvalue weighted by Crippen LogP contribution is -2.28. The van der Waals surface area contributed by atoms with Crippen LogP contribution in [0.1, 0.15) is 25.8 Å². The van der Waals surface area contributed by atoms with E-state index in [1.54, 1.807) is 29.4 Å². The van der Waals surface area contributed by atoms with Crippen LogP contribution in [0.3, 0.4) is 0 Å². The van der Waals surface area contributed by atoms with Gasteiger partial charge in [0.25, 0.3) is 5.16 Å². The van der Waals surface area contributed by atoms with Crippen molar-refractivity contribution in [2.24, 2.45) is 5.92 Å². The van der Waals surface area contributed by atoms with Gasteiger partial charge >= 0.3 is 0 Å². The Labute approximate surface area is 187 Å². The Kier molecular flexibility index (Phi) is 7.64. The van der Waals surface area contributed by atoms with Gasteiger partial charge in [-0.15, -0.1) is 0 Å². The SMILES string of the molecule is CC(C)C[C@H](COCc1ccc(Cl)cc1)Nc1cc(-n2ccnc2)nc(S(C)(=O)=O)n1. The standard InChI is InChI=1S/C21H26ClN5O3S/c1-15(2)10-18(13-30-12-16-4-6-17(22)7-5-16)24-19-11-20(27-9-8-23-14-27)26-21(25-19)31(3,28)29/h4-9,11,14-15,18H,10,12-13H2,1-3H3,(H,24,25,26)/t18-/m1/s1. The summed E-state index contributed by atoms with van der Waals surface area (Å²) < 4.78 is 31.8. The Balaban J connectivity index is 1.77. The maximum absolute atomic E-state index is 12.1. The third kappa shape index (κ3) is 7.02. The molecule has 1 atom stereocenters. The van der Waals surface area contributed by atoms with Gasteiger partial charge in [-0.25, -0.2) is 23.4 Å². The molecule has 0 saturated carbocycles. The fraction of sp³-hybridized carbons (Fsp3) is 0.381. The summed E-state index contributed by atoms with van der Waals surface area (Å²) in [5.41, 5.74) is 1.02. The summed E-state index contributed by atoms with van der Waals surface area (Å²) in [5.74, 6) is 1.24. The summed E-state index contributed by atoms with van der Waals surface area (Å²) >= 11 is 5.93. The number of hydrogen-bond donors (Lipinski definition) is 1. The van der Waals surface area contributed by atoms with Gasteiger partial charge in [0.15, 0.2) is 0 Å². The van der Waals surface area contributed by atoms with Crippen molar-refractivity contribution in [3.05, 3.63) is 59.6 Å². The zero-order valence-corrected chi connectivity index (χ0v) is 19.3. The Morgan fingerprint density at radius 3 is 2.55 bits per heavy atom. The highest BCUT2D eigenvalue weighted by Crippen LogP contribution is 2.18. The predicted octanol–water partition coefficient (Wildman–Crippen LogP) is 3.76. The molecular weight excluding hydrogens is 438 g/mol. The van der Waals surface area contributed by atoms with Crippen LogP contribution in [0.2, 0.25) is 5.02 Å². The summed E-state index contributed by atoms with van der Waals surface area (Å²) in [6, 6.07) is 9.14. The van der Waals surface area contributed by atoms with Crippen molar-refractivity contribution >= 4 is 27.3 Å². The number of aromatic nitrogens is 4. The van der Waals surface area contributed by atoms with Crippen molar-refractivity contribution in [2.75, 3.05) is 18.2 Å². The molecule has 3 rings (SSSR count). The van der Waals surface area contributed by atoms with Crippen LogP contribution in [-0.2, 0) is 21.2 Å². The molecule has 0 aliphatic carbocycles. The molecule has 0 saturated heterocycles. The fourth-order valence-electron chi connectivity index (χ4n) is 3.03. The van der Waals surface area contributed by atoms with E-state index in [4.69, 9.17) is 16.3 Å². The first kappa shape index (κ1) is 23.2. The molecular formula is C21H26ClN5O3S. The van der Waals surface area contributed by atoms with Gasteiger partial charge in [-0.05, 0) is 30.0 Å².